The van der Waals surface area contributed by atoms with Gasteiger partial charge in [0.05, 0.1) is 13.2 Å². The lowest BCUT2D eigenvalue weighted by molar-refractivity contribution is 0.0943. The lowest BCUT2D eigenvalue weighted by Crippen LogP contribution is -2.38. The molecule has 0 saturated carbocycles. The molecule has 0 unspecified atom stereocenters. The van der Waals surface area contributed by atoms with Crippen LogP contribution in [0, 0.1) is 5.92 Å². The van der Waals surface area contributed by atoms with Gasteiger partial charge in [0.1, 0.15) is 5.69 Å². The fourth-order valence-corrected chi connectivity index (χ4v) is 1.78. The summed E-state index contributed by atoms with van der Waals surface area (Å²) in [4.78, 5) is 22.5. The second-order valence-corrected chi connectivity index (χ2v) is 4.95. The van der Waals surface area contributed by atoms with Crippen LogP contribution in [0.4, 0.5) is 5.95 Å². The number of nitrogens with zero attached hydrogens (tertiary/aromatic N) is 3. The van der Waals surface area contributed by atoms with E-state index in [1.54, 1.807) is 12.3 Å². The molecular weight excluding hydrogens is 244 g/mol. The van der Waals surface area contributed by atoms with E-state index >= 15 is 0 Å². The molecule has 6 nitrogen and oxygen atoms in total. The highest BCUT2D eigenvalue weighted by Gasteiger charge is 2.16. The van der Waals surface area contributed by atoms with Crippen LogP contribution < -0.4 is 10.2 Å². The molecule has 0 radical (unpaired) electrons. The van der Waals surface area contributed by atoms with Gasteiger partial charge in [-0.3, -0.25) is 4.79 Å². The van der Waals surface area contributed by atoms with Gasteiger partial charge in [-0.05, 0) is 12.0 Å². The third kappa shape index (κ3) is 3.89. The van der Waals surface area contributed by atoms with E-state index in [9.17, 15) is 4.79 Å². The highest BCUT2D eigenvalue weighted by molar-refractivity contribution is 5.92. The van der Waals surface area contributed by atoms with E-state index < -0.39 is 0 Å². The SMILES string of the molecule is CC(C)CNC(=O)c1ccnc(N2CCOCC2)n1. The predicted molar refractivity (Wildman–Crippen MR) is 72.2 cm³/mol. The normalized spacial score (nSPS) is 15.6. The highest BCUT2D eigenvalue weighted by Crippen LogP contribution is 2.09. The van der Waals surface area contributed by atoms with E-state index in [-0.39, 0.29) is 5.91 Å². The summed E-state index contributed by atoms with van der Waals surface area (Å²) in [7, 11) is 0. The molecule has 0 bridgehead atoms. The van der Waals surface area contributed by atoms with Gasteiger partial charge in [0.15, 0.2) is 0 Å². The minimum Gasteiger partial charge on any atom is -0.378 e. The van der Waals surface area contributed by atoms with Gasteiger partial charge in [-0.2, -0.15) is 0 Å². The van der Waals surface area contributed by atoms with Crippen LogP contribution in [0.2, 0.25) is 0 Å². The van der Waals surface area contributed by atoms with Crippen LogP contribution in [0.3, 0.4) is 0 Å². The van der Waals surface area contributed by atoms with Gasteiger partial charge in [0, 0.05) is 25.8 Å². The van der Waals surface area contributed by atoms with Crippen LogP contribution in [0.25, 0.3) is 0 Å². The number of aromatic nitrogens is 2. The molecule has 1 amide bonds. The summed E-state index contributed by atoms with van der Waals surface area (Å²) in [5.41, 5.74) is 0.414. The molecule has 0 spiro atoms. The molecule has 0 atom stereocenters. The summed E-state index contributed by atoms with van der Waals surface area (Å²) in [5.74, 6) is 0.871. The molecule has 6 heteroatoms. The Labute approximate surface area is 113 Å². The Morgan fingerprint density at radius 3 is 2.89 bits per heavy atom. The summed E-state index contributed by atoms with van der Waals surface area (Å²) in [6, 6.07) is 1.64. The van der Waals surface area contributed by atoms with Crippen molar-refractivity contribution in [3.63, 3.8) is 0 Å². The Balaban J connectivity index is 2.03. The van der Waals surface area contributed by atoms with Crippen molar-refractivity contribution in [1.82, 2.24) is 15.3 Å². The summed E-state index contributed by atoms with van der Waals surface area (Å²) in [6.45, 7) is 7.63. The van der Waals surface area contributed by atoms with E-state index in [0.29, 0.717) is 37.3 Å². The van der Waals surface area contributed by atoms with Gasteiger partial charge in [-0.25, -0.2) is 9.97 Å². The molecule has 19 heavy (non-hydrogen) atoms. The fourth-order valence-electron chi connectivity index (χ4n) is 1.78. The minimum atomic E-state index is -0.148. The number of rotatable bonds is 4. The maximum atomic E-state index is 11.9. The van der Waals surface area contributed by atoms with E-state index in [1.807, 2.05) is 4.90 Å². The largest absolute Gasteiger partial charge is 0.378 e. The number of hydrogen-bond donors (Lipinski definition) is 1. The van der Waals surface area contributed by atoms with Gasteiger partial charge in [-0.1, -0.05) is 13.8 Å². The first-order chi connectivity index (χ1) is 9.16. The van der Waals surface area contributed by atoms with E-state index in [0.717, 1.165) is 13.1 Å². The van der Waals surface area contributed by atoms with Crippen LogP contribution in [0.5, 0.6) is 0 Å². The van der Waals surface area contributed by atoms with Gasteiger partial charge in [-0.15, -0.1) is 0 Å². The standard InChI is InChI=1S/C13H20N4O2/c1-10(2)9-15-12(18)11-3-4-14-13(16-11)17-5-7-19-8-6-17/h3-4,10H,5-9H2,1-2H3,(H,15,18). The fraction of sp³-hybridized carbons (Fsp3) is 0.615. The number of carbonyl (C=O) groups is 1. The summed E-state index contributed by atoms with van der Waals surface area (Å²) in [6.07, 6.45) is 1.63. The number of carbonyl (C=O) groups excluding carboxylic acids is 1. The topological polar surface area (TPSA) is 67.4 Å². The van der Waals surface area contributed by atoms with Gasteiger partial charge in [0.25, 0.3) is 5.91 Å². The van der Waals surface area contributed by atoms with Crippen LogP contribution in [-0.4, -0.2) is 48.7 Å². The average Bonchev–Trinajstić information content (AvgIpc) is 2.46. The molecule has 1 aromatic heterocycles. The highest BCUT2D eigenvalue weighted by atomic mass is 16.5. The number of nitrogens with one attached hydrogen (secondary N) is 1. The third-order valence-corrected chi connectivity index (χ3v) is 2.84. The maximum Gasteiger partial charge on any atom is 0.270 e. The predicted octanol–water partition coefficient (Wildman–Crippen LogP) is 0.699. The van der Waals surface area contributed by atoms with Crippen molar-refractivity contribution in [2.24, 2.45) is 5.92 Å². The molecule has 0 aliphatic carbocycles. The molecule has 0 aromatic carbocycles. The molecule has 1 saturated heterocycles. The van der Waals surface area contributed by atoms with Gasteiger partial charge in [0.2, 0.25) is 5.95 Å². The van der Waals surface area contributed by atoms with Crippen molar-refractivity contribution in [3.05, 3.63) is 18.0 Å². The van der Waals surface area contributed by atoms with Crippen LogP contribution >= 0.6 is 0 Å². The number of ether oxygens (including phenoxy) is 1. The first-order valence-corrected chi connectivity index (χ1v) is 6.61. The third-order valence-electron chi connectivity index (χ3n) is 2.84. The average molecular weight is 264 g/mol. The lowest BCUT2D eigenvalue weighted by Gasteiger charge is -2.26. The van der Waals surface area contributed by atoms with Crippen LogP contribution in [0.1, 0.15) is 24.3 Å². The monoisotopic (exact) mass is 264 g/mol. The molecule has 2 rings (SSSR count). The molecule has 2 heterocycles. The van der Waals surface area contributed by atoms with Gasteiger partial charge >= 0.3 is 0 Å². The summed E-state index contributed by atoms with van der Waals surface area (Å²) in [5, 5.41) is 2.86. The Kier molecular flexibility index (Phi) is 4.68. The lowest BCUT2D eigenvalue weighted by atomic mass is 10.2. The molecule has 1 fully saturated rings. The molecular formula is C13H20N4O2. The second-order valence-electron chi connectivity index (χ2n) is 4.95. The van der Waals surface area contributed by atoms with Crippen molar-refractivity contribution < 1.29 is 9.53 Å². The maximum absolute atomic E-state index is 11.9. The Morgan fingerprint density at radius 2 is 2.21 bits per heavy atom. The second kappa shape index (κ2) is 6.47. The van der Waals surface area contributed by atoms with Crippen LogP contribution in [-0.2, 0) is 4.74 Å². The Morgan fingerprint density at radius 1 is 1.47 bits per heavy atom. The molecule has 1 aliphatic heterocycles. The first-order valence-electron chi connectivity index (χ1n) is 6.61. The van der Waals surface area contributed by atoms with E-state index in [2.05, 4.69) is 29.1 Å². The van der Waals surface area contributed by atoms with Crippen LogP contribution in [0.15, 0.2) is 12.3 Å². The molecule has 1 N–H and O–H groups in total. The summed E-state index contributed by atoms with van der Waals surface area (Å²) >= 11 is 0. The molecule has 1 aromatic rings. The zero-order chi connectivity index (χ0) is 13.7. The zero-order valence-corrected chi connectivity index (χ0v) is 11.4. The van der Waals surface area contributed by atoms with Crippen molar-refractivity contribution >= 4 is 11.9 Å². The van der Waals surface area contributed by atoms with Crippen molar-refractivity contribution in [2.45, 2.75) is 13.8 Å². The quantitative estimate of drug-likeness (QED) is 0.867. The zero-order valence-electron chi connectivity index (χ0n) is 11.4. The molecule has 104 valence electrons. The number of hydrogen-bond acceptors (Lipinski definition) is 5. The number of anilines is 1. The van der Waals surface area contributed by atoms with Crippen molar-refractivity contribution in [2.75, 3.05) is 37.7 Å². The molecule has 1 aliphatic rings. The Bertz CT molecular complexity index is 430. The van der Waals surface area contributed by atoms with Crippen molar-refractivity contribution in [3.8, 4) is 0 Å². The van der Waals surface area contributed by atoms with Gasteiger partial charge < -0.3 is 15.0 Å². The number of morpholine rings is 1. The van der Waals surface area contributed by atoms with E-state index in [1.165, 1.54) is 0 Å². The van der Waals surface area contributed by atoms with Crippen molar-refractivity contribution in [1.29, 1.82) is 0 Å². The number of amides is 1. The Hall–Kier alpha value is -1.69. The first kappa shape index (κ1) is 13.7. The van der Waals surface area contributed by atoms with E-state index in [4.69, 9.17) is 4.74 Å². The minimum absolute atomic E-state index is 0.148. The smallest absolute Gasteiger partial charge is 0.270 e. The summed E-state index contributed by atoms with van der Waals surface area (Å²) < 4.78 is 5.29.